The number of carbonyl (C=O) groups is 1. The van der Waals surface area contributed by atoms with E-state index >= 15 is 0 Å². The summed E-state index contributed by atoms with van der Waals surface area (Å²) in [6, 6.07) is 15.6. The zero-order valence-electron chi connectivity index (χ0n) is 14.3. The monoisotopic (exact) mass is 322 g/mol. The standard InChI is InChI=1S/C20H22N2O2/c1-4-22(5-2)16-12-10-15(11-13-16)21-20(23)19-18-9-7-6-8-17(18)14(3)24-19/h6-13H,4-5H2,1-3H3,(H,21,23). The van der Waals surface area contributed by atoms with Crippen molar-refractivity contribution in [3.63, 3.8) is 0 Å². The van der Waals surface area contributed by atoms with Crippen LogP contribution in [0.25, 0.3) is 10.8 Å². The van der Waals surface area contributed by atoms with Crippen molar-refractivity contribution in [1.29, 1.82) is 0 Å². The minimum absolute atomic E-state index is 0.227. The van der Waals surface area contributed by atoms with Gasteiger partial charge in [-0.05, 0) is 45.0 Å². The molecule has 24 heavy (non-hydrogen) atoms. The molecule has 0 radical (unpaired) electrons. The summed E-state index contributed by atoms with van der Waals surface area (Å²) in [4.78, 5) is 14.8. The fraction of sp³-hybridized carbons (Fsp3) is 0.250. The van der Waals surface area contributed by atoms with Crippen molar-refractivity contribution >= 4 is 28.1 Å². The Kier molecular flexibility index (Phi) is 4.56. The molecule has 2 aromatic carbocycles. The van der Waals surface area contributed by atoms with Crippen molar-refractivity contribution in [1.82, 2.24) is 0 Å². The van der Waals surface area contributed by atoms with Crippen LogP contribution in [-0.2, 0) is 0 Å². The van der Waals surface area contributed by atoms with Crippen LogP contribution < -0.4 is 10.2 Å². The van der Waals surface area contributed by atoms with Gasteiger partial charge in [-0.25, -0.2) is 0 Å². The Morgan fingerprint density at radius 1 is 1.00 bits per heavy atom. The van der Waals surface area contributed by atoms with E-state index in [1.807, 2.05) is 55.5 Å². The summed E-state index contributed by atoms with van der Waals surface area (Å²) in [5, 5.41) is 4.73. The number of furan rings is 1. The van der Waals surface area contributed by atoms with Crippen molar-refractivity contribution in [2.75, 3.05) is 23.3 Å². The van der Waals surface area contributed by atoms with Gasteiger partial charge in [0.05, 0.1) is 0 Å². The first kappa shape index (κ1) is 16.1. The van der Waals surface area contributed by atoms with Crippen molar-refractivity contribution in [2.24, 2.45) is 0 Å². The molecule has 3 aromatic rings. The van der Waals surface area contributed by atoms with Crippen LogP contribution >= 0.6 is 0 Å². The normalized spacial score (nSPS) is 10.8. The summed E-state index contributed by atoms with van der Waals surface area (Å²) in [6.07, 6.45) is 0. The lowest BCUT2D eigenvalue weighted by molar-refractivity contribution is 0.0997. The van der Waals surface area contributed by atoms with E-state index in [-0.39, 0.29) is 5.91 Å². The molecule has 1 N–H and O–H groups in total. The quantitative estimate of drug-likeness (QED) is 0.731. The second-order valence-corrected chi connectivity index (χ2v) is 5.71. The maximum atomic E-state index is 12.6. The molecule has 0 atom stereocenters. The molecular weight excluding hydrogens is 300 g/mol. The molecule has 0 unspecified atom stereocenters. The molecule has 1 aromatic heterocycles. The molecule has 0 saturated heterocycles. The topological polar surface area (TPSA) is 45.5 Å². The van der Waals surface area contributed by atoms with Crippen molar-refractivity contribution in [3.8, 4) is 0 Å². The van der Waals surface area contributed by atoms with Crippen molar-refractivity contribution in [3.05, 3.63) is 60.1 Å². The highest BCUT2D eigenvalue weighted by Crippen LogP contribution is 2.26. The molecule has 124 valence electrons. The molecule has 3 rings (SSSR count). The molecule has 1 heterocycles. The maximum Gasteiger partial charge on any atom is 0.292 e. The first-order valence-corrected chi connectivity index (χ1v) is 8.28. The third-order valence-electron chi connectivity index (χ3n) is 4.27. The number of nitrogens with one attached hydrogen (secondary N) is 1. The summed E-state index contributed by atoms with van der Waals surface area (Å²) in [7, 11) is 0. The number of hydrogen-bond acceptors (Lipinski definition) is 3. The SMILES string of the molecule is CCN(CC)c1ccc(NC(=O)c2oc(C)c3ccccc23)cc1. The van der Waals surface area contributed by atoms with Crippen LogP contribution in [0.1, 0.15) is 30.2 Å². The number of aryl methyl sites for hydroxylation is 1. The highest BCUT2D eigenvalue weighted by molar-refractivity contribution is 6.11. The smallest absolute Gasteiger partial charge is 0.292 e. The van der Waals surface area contributed by atoms with E-state index in [0.29, 0.717) is 5.76 Å². The number of anilines is 2. The molecule has 0 spiro atoms. The fourth-order valence-electron chi connectivity index (χ4n) is 2.95. The van der Waals surface area contributed by atoms with Gasteiger partial charge in [0.15, 0.2) is 5.76 Å². The minimum Gasteiger partial charge on any atom is -0.455 e. The predicted molar refractivity (Wildman–Crippen MR) is 98.9 cm³/mol. The Morgan fingerprint density at radius 2 is 1.62 bits per heavy atom. The molecule has 0 fully saturated rings. The van der Waals surface area contributed by atoms with E-state index < -0.39 is 0 Å². The van der Waals surface area contributed by atoms with Crippen molar-refractivity contribution in [2.45, 2.75) is 20.8 Å². The van der Waals surface area contributed by atoms with Gasteiger partial charge < -0.3 is 14.6 Å². The van der Waals surface area contributed by atoms with Crippen LogP contribution in [0.5, 0.6) is 0 Å². The first-order chi connectivity index (χ1) is 11.6. The van der Waals surface area contributed by atoms with Gasteiger partial charge in [-0.3, -0.25) is 4.79 Å². The average molecular weight is 322 g/mol. The van der Waals surface area contributed by atoms with Gasteiger partial charge in [0.2, 0.25) is 0 Å². The molecule has 4 nitrogen and oxygen atoms in total. The van der Waals surface area contributed by atoms with Gasteiger partial charge in [0.25, 0.3) is 5.91 Å². The van der Waals surface area contributed by atoms with Crippen LogP contribution in [0, 0.1) is 6.92 Å². The molecule has 4 heteroatoms. The van der Waals surface area contributed by atoms with Gasteiger partial charge in [-0.1, -0.05) is 24.3 Å². The number of carbonyl (C=O) groups excluding carboxylic acids is 1. The number of amides is 1. The van der Waals surface area contributed by atoms with E-state index in [4.69, 9.17) is 4.42 Å². The molecule has 0 bridgehead atoms. The fourth-order valence-corrected chi connectivity index (χ4v) is 2.95. The van der Waals surface area contributed by atoms with Crippen LogP contribution in [0.15, 0.2) is 52.9 Å². The summed E-state index contributed by atoms with van der Waals surface area (Å²) < 4.78 is 5.68. The first-order valence-electron chi connectivity index (χ1n) is 8.28. The summed E-state index contributed by atoms with van der Waals surface area (Å²) in [5.41, 5.74) is 1.91. The van der Waals surface area contributed by atoms with E-state index in [0.717, 1.165) is 41.0 Å². The van der Waals surface area contributed by atoms with Gasteiger partial charge in [0.1, 0.15) is 5.76 Å². The Morgan fingerprint density at radius 3 is 2.25 bits per heavy atom. The van der Waals surface area contributed by atoms with E-state index in [2.05, 4.69) is 24.1 Å². The molecule has 0 saturated carbocycles. The second-order valence-electron chi connectivity index (χ2n) is 5.71. The zero-order valence-corrected chi connectivity index (χ0v) is 14.3. The number of benzene rings is 2. The molecule has 0 aliphatic heterocycles. The van der Waals surface area contributed by atoms with Gasteiger partial charge >= 0.3 is 0 Å². The molecule has 1 amide bonds. The predicted octanol–water partition coefficient (Wildman–Crippen LogP) is 4.84. The van der Waals surface area contributed by atoms with Gasteiger partial charge in [-0.15, -0.1) is 0 Å². The molecule has 0 aliphatic rings. The summed E-state index contributed by atoms with van der Waals surface area (Å²) >= 11 is 0. The molecular formula is C20H22N2O2. The minimum atomic E-state index is -0.227. The number of nitrogens with zero attached hydrogens (tertiary/aromatic N) is 1. The van der Waals surface area contributed by atoms with Crippen LogP contribution in [-0.4, -0.2) is 19.0 Å². The number of rotatable bonds is 5. The second kappa shape index (κ2) is 6.79. The summed E-state index contributed by atoms with van der Waals surface area (Å²) in [5.74, 6) is 0.887. The van der Waals surface area contributed by atoms with E-state index in [9.17, 15) is 4.79 Å². The van der Waals surface area contributed by atoms with E-state index in [1.54, 1.807) is 0 Å². The number of hydrogen-bond donors (Lipinski definition) is 1. The number of fused-ring (bicyclic) bond motifs is 1. The van der Waals surface area contributed by atoms with Crippen LogP contribution in [0.2, 0.25) is 0 Å². The van der Waals surface area contributed by atoms with Crippen LogP contribution in [0.3, 0.4) is 0 Å². The van der Waals surface area contributed by atoms with Gasteiger partial charge in [0, 0.05) is 35.2 Å². The van der Waals surface area contributed by atoms with Crippen LogP contribution in [0.4, 0.5) is 11.4 Å². The highest BCUT2D eigenvalue weighted by Gasteiger charge is 2.17. The molecule has 0 aliphatic carbocycles. The van der Waals surface area contributed by atoms with Crippen molar-refractivity contribution < 1.29 is 9.21 Å². The third kappa shape index (κ3) is 3.00. The van der Waals surface area contributed by atoms with E-state index in [1.165, 1.54) is 0 Å². The average Bonchev–Trinajstić information content (AvgIpc) is 2.95. The highest BCUT2D eigenvalue weighted by atomic mass is 16.3. The lowest BCUT2D eigenvalue weighted by Crippen LogP contribution is -2.21. The Hall–Kier alpha value is -2.75. The largest absolute Gasteiger partial charge is 0.455 e. The lowest BCUT2D eigenvalue weighted by atomic mass is 10.1. The zero-order chi connectivity index (χ0) is 17.1. The Balaban J connectivity index is 1.81. The summed E-state index contributed by atoms with van der Waals surface area (Å²) in [6.45, 7) is 8.05. The Bertz CT molecular complexity index is 846. The maximum absolute atomic E-state index is 12.6. The third-order valence-corrected chi connectivity index (χ3v) is 4.27. The Labute approximate surface area is 142 Å². The lowest BCUT2D eigenvalue weighted by Gasteiger charge is -2.21. The van der Waals surface area contributed by atoms with Gasteiger partial charge in [-0.2, -0.15) is 0 Å².